The molecule has 2 rings (SSSR count). The van der Waals surface area contributed by atoms with Crippen LogP contribution < -0.4 is 11.3 Å². The van der Waals surface area contributed by atoms with Crippen LogP contribution >= 0.6 is 0 Å². The number of anilines is 1. The zero-order valence-electron chi connectivity index (χ0n) is 9.14. The number of hydrogen-bond acceptors (Lipinski definition) is 2. The molecule has 94 valence electrons. The first kappa shape index (κ1) is 12.2. The van der Waals surface area contributed by atoms with Gasteiger partial charge in [0.2, 0.25) is 0 Å². The van der Waals surface area contributed by atoms with Gasteiger partial charge in [-0.05, 0) is 18.2 Å². The molecule has 3 N–H and O–H groups in total. The molecule has 0 bridgehead atoms. The lowest BCUT2D eigenvalue weighted by Gasteiger charge is -2.10. The van der Waals surface area contributed by atoms with Crippen LogP contribution in [0.1, 0.15) is 11.1 Å². The first-order valence-electron chi connectivity index (χ1n) is 4.99. The lowest BCUT2D eigenvalue weighted by atomic mass is 10.0. The highest BCUT2D eigenvalue weighted by Crippen LogP contribution is 2.32. The third kappa shape index (κ3) is 1.85. The number of aromatic amines is 1. The van der Waals surface area contributed by atoms with Gasteiger partial charge in [0.25, 0.3) is 5.56 Å². The minimum Gasteiger partial charge on any atom is -0.394 e. The quantitative estimate of drug-likeness (QED) is 0.822. The van der Waals surface area contributed by atoms with Crippen molar-refractivity contribution >= 4 is 22.7 Å². The molecular weight excluding hydrogens is 245 g/mol. The van der Waals surface area contributed by atoms with E-state index in [1.54, 1.807) is 0 Å². The number of benzene rings is 1. The Balaban J connectivity index is 2.88. The predicted molar refractivity (Wildman–Crippen MR) is 64.1 cm³/mol. The maximum Gasteiger partial charge on any atom is 0.416 e. The monoisotopic (exact) mass is 254 g/mol. The Kier molecular flexibility index (Phi) is 2.65. The molecule has 0 amide bonds. The molecule has 1 heterocycles. The highest BCUT2D eigenvalue weighted by molar-refractivity contribution is 5.92. The molecule has 1 aromatic carbocycles. The van der Waals surface area contributed by atoms with E-state index < -0.39 is 17.3 Å². The van der Waals surface area contributed by atoms with E-state index >= 15 is 0 Å². The van der Waals surface area contributed by atoms with Crippen molar-refractivity contribution in [1.82, 2.24) is 4.98 Å². The lowest BCUT2D eigenvalue weighted by Crippen LogP contribution is -2.14. The Morgan fingerprint density at radius 2 is 2.00 bits per heavy atom. The summed E-state index contributed by atoms with van der Waals surface area (Å²) in [5.74, 6) is 0. The minimum atomic E-state index is -4.45. The number of nitrogens with one attached hydrogen (secondary N) is 1. The molecule has 0 aliphatic carbocycles. The van der Waals surface area contributed by atoms with Crippen LogP contribution in [0.3, 0.4) is 0 Å². The highest BCUT2D eigenvalue weighted by atomic mass is 19.4. The van der Waals surface area contributed by atoms with Crippen LogP contribution in [0.4, 0.5) is 18.9 Å². The molecule has 0 aliphatic heterocycles. The molecule has 0 atom stereocenters. The smallest absolute Gasteiger partial charge is 0.394 e. The second-order valence-corrected chi connectivity index (χ2v) is 3.74. The number of nitrogen functional groups attached to an aromatic ring is 1. The summed E-state index contributed by atoms with van der Waals surface area (Å²) in [6, 6.07) is 3.05. The van der Waals surface area contributed by atoms with Gasteiger partial charge in [-0.2, -0.15) is 13.2 Å². The fourth-order valence-electron chi connectivity index (χ4n) is 1.73. The van der Waals surface area contributed by atoms with E-state index in [-0.39, 0.29) is 22.2 Å². The van der Waals surface area contributed by atoms with Crippen molar-refractivity contribution in [2.45, 2.75) is 6.18 Å². The first-order chi connectivity index (χ1) is 8.34. The summed E-state index contributed by atoms with van der Waals surface area (Å²) in [5.41, 5.74) is 4.53. The van der Waals surface area contributed by atoms with Gasteiger partial charge in [0, 0.05) is 16.5 Å². The zero-order chi connectivity index (χ0) is 13.5. The van der Waals surface area contributed by atoms with Gasteiger partial charge in [0.1, 0.15) is 5.69 Å². The maximum atomic E-state index is 12.6. The van der Waals surface area contributed by atoms with E-state index in [1.807, 2.05) is 0 Å². The van der Waals surface area contributed by atoms with Crippen molar-refractivity contribution in [3.8, 4) is 0 Å². The van der Waals surface area contributed by atoms with Crippen LogP contribution in [0.2, 0.25) is 0 Å². The van der Waals surface area contributed by atoms with Crippen molar-refractivity contribution in [3.05, 3.63) is 46.3 Å². The molecule has 0 unspecified atom stereocenters. The van der Waals surface area contributed by atoms with Gasteiger partial charge in [-0.1, -0.05) is 12.7 Å². The summed E-state index contributed by atoms with van der Waals surface area (Å²) >= 11 is 0. The van der Waals surface area contributed by atoms with Gasteiger partial charge < -0.3 is 10.7 Å². The number of fused-ring (bicyclic) bond motifs is 1. The topological polar surface area (TPSA) is 58.9 Å². The van der Waals surface area contributed by atoms with Gasteiger partial charge in [0.05, 0.1) is 5.56 Å². The summed E-state index contributed by atoms with van der Waals surface area (Å²) < 4.78 is 37.8. The average Bonchev–Trinajstić information content (AvgIpc) is 2.29. The third-order valence-electron chi connectivity index (χ3n) is 2.62. The van der Waals surface area contributed by atoms with E-state index in [4.69, 9.17) is 5.73 Å². The normalized spacial score (nSPS) is 11.7. The number of hydrogen-bond donors (Lipinski definition) is 2. The second kappa shape index (κ2) is 3.90. The summed E-state index contributed by atoms with van der Waals surface area (Å²) in [6.07, 6.45) is -3.18. The van der Waals surface area contributed by atoms with Crippen molar-refractivity contribution < 1.29 is 13.2 Å². The number of pyridine rings is 1. The lowest BCUT2D eigenvalue weighted by molar-refractivity contribution is -0.137. The molecule has 0 radical (unpaired) electrons. The molecule has 1 aromatic heterocycles. The molecule has 0 saturated carbocycles. The SMILES string of the molecule is C=Cc1c(N)c(=O)[nH]c2ccc(C(F)(F)F)cc12. The van der Waals surface area contributed by atoms with Crippen LogP contribution in [0.15, 0.2) is 29.6 Å². The summed E-state index contributed by atoms with van der Waals surface area (Å²) in [6.45, 7) is 3.46. The standard InChI is InChI=1S/C12H9F3N2O/c1-2-7-8-5-6(12(13,14)15)3-4-9(8)17-11(18)10(7)16/h2-5H,1,16H2,(H,17,18). The van der Waals surface area contributed by atoms with E-state index in [0.29, 0.717) is 0 Å². The Bertz CT molecular complexity index is 686. The van der Waals surface area contributed by atoms with E-state index in [1.165, 1.54) is 12.1 Å². The van der Waals surface area contributed by atoms with Gasteiger partial charge in [-0.3, -0.25) is 4.79 Å². The third-order valence-corrected chi connectivity index (χ3v) is 2.62. The minimum absolute atomic E-state index is 0.142. The second-order valence-electron chi connectivity index (χ2n) is 3.74. The number of aromatic nitrogens is 1. The molecular formula is C12H9F3N2O. The molecule has 0 aliphatic rings. The number of nitrogens with two attached hydrogens (primary N) is 1. The Labute approximate surface area is 99.7 Å². The molecule has 0 saturated heterocycles. The van der Waals surface area contributed by atoms with Crippen LogP contribution in [-0.2, 0) is 6.18 Å². The molecule has 6 heteroatoms. The van der Waals surface area contributed by atoms with Gasteiger partial charge in [0.15, 0.2) is 0 Å². The van der Waals surface area contributed by atoms with Crippen molar-refractivity contribution in [3.63, 3.8) is 0 Å². The van der Waals surface area contributed by atoms with Crippen molar-refractivity contribution in [2.75, 3.05) is 5.73 Å². The Morgan fingerprint density at radius 3 is 2.56 bits per heavy atom. The maximum absolute atomic E-state index is 12.6. The molecule has 0 fully saturated rings. The molecule has 3 nitrogen and oxygen atoms in total. The van der Waals surface area contributed by atoms with Crippen LogP contribution in [0, 0.1) is 0 Å². The average molecular weight is 254 g/mol. The molecule has 2 aromatic rings. The van der Waals surface area contributed by atoms with Gasteiger partial charge >= 0.3 is 6.18 Å². The highest BCUT2D eigenvalue weighted by Gasteiger charge is 2.30. The number of H-pyrrole nitrogens is 1. The van der Waals surface area contributed by atoms with Crippen LogP contribution in [0.5, 0.6) is 0 Å². The van der Waals surface area contributed by atoms with E-state index in [0.717, 1.165) is 12.1 Å². The zero-order valence-corrected chi connectivity index (χ0v) is 9.14. The van der Waals surface area contributed by atoms with Crippen molar-refractivity contribution in [2.24, 2.45) is 0 Å². The van der Waals surface area contributed by atoms with Gasteiger partial charge in [-0.25, -0.2) is 0 Å². The Morgan fingerprint density at radius 1 is 1.33 bits per heavy atom. The number of rotatable bonds is 1. The fourth-order valence-corrected chi connectivity index (χ4v) is 1.73. The largest absolute Gasteiger partial charge is 0.416 e. The summed E-state index contributed by atoms with van der Waals surface area (Å²) in [7, 11) is 0. The Hall–Kier alpha value is -2.24. The first-order valence-corrected chi connectivity index (χ1v) is 4.99. The fraction of sp³-hybridized carbons (Fsp3) is 0.0833. The van der Waals surface area contributed by atoms with Crippen LogP contribution in [0.25, 0.3) is 17.0 Å². The predicted octanol–water partition coefficient (Wildman–Crippen LogP) is 2.77. The summed E-state index contributed by atoms with van der Waals surface area (Å²) in [5, 5.41) is 0.219. The van der Waals surface area contributed by atoms with E-state index in [9.17, 15) is 18.0 Å². The van der Waals surface area contributed by atoms with Gasteiger partial charge in [-0.15, -0.1) is 0 Å². The molecule has 18 heavy (non-hydrogen) atoms. The van der Waals surface area contributed by atoms with Crippen molar-refractivity contribution in [1.29, 1.82) is 0 Å². The number of alkyl halides is 3. The number of halogens is 3. The van der Waals surface area contributed by atoms with E-state index in [2.05, 4.69) is 11.6 Å². The van der Waals surface area contributed by atoms with Crippen LogP contribution in [-0.4, -0.2) is 4.98 Å². The molecule has 0 spiro atoms. The summed E-state index contributed by atoms with van der Waals surface area (Å²) in [4.78, 5) is 13.9.